The van der Waals surface area contributed by atoms with Crippen molar-refractivity contribution in [2.45, 2.75) is 0 Å². The second-order valence-electron chi connectivity index (χ2n) is 13.2. The summed E-state index contributed by atoms with van der Waals surface area (Å²) in [5.41, 5.74) is 11.1. The molecule has 0 aliphatic rings. The van der Waals surface area contributed by atoms with Gasteiger partial charge < -0.3 is 4.57 Å². The highest BCUT2D eigenvalue weighted by molar-refractivity contribution is 6.19. The Morgan fingerprint density at radius 2 is 0.830 bits per heavy atom. The minimum absolute atomic E-state index is 0.645. The van der Waals surface area contributed by atoms with E-state index in [4.69, 9.17) is 15.0 Å². The number of fused-ring (bicyclic) bond motifs is 4. The van der Waals surface area contributed by atoms with Crippen LogP contribution in [0.15, 0.2) is 194 Å². The molecule has 4 nitrogen and oxygen atoms in total. The average molecular weight is 677 g/mol. The summed E-state index contributed by atoms with van der Waals surface area (Å²) in [6, 6.07) is 68.1. The van der Waals surface area contributed by atoms with E-state index < -0.39 is 0 Å². The molecule has 2 heterocycles. The Balaban J connectivity index is 1.22. The molecule has 53 heavy (non-hydrogen) atoms. The second kappa shape index (κ2) is 12.9. The van der Waals surface area contributed by atoms with Crippen LogP contribution in [0.1, 0.15) is 0 Å². The SMILES string of the molecule is c1ccc(-c2ccc3c(c2)c2c(-c4ccc(-c5nc(-c6ccccc6)nc(-c6ccccc6)n5)c5ccccc45)cccc2n3-c2ccccc2)cc1. The van der Waals surface area contributed by atoms with Crippen LogP contribution in [-0.2, 0) is 0 Å². The van der Waals surface area contributed by atoms with Crippen LogP contribution in [0, 0.1) is 0 Å². The lowest BCUT2D eigenvalue weighted by Crippen LogP contribution is -2.00. The predicted molar refractivity (Wildman–Crippen MR) is 219 cm³/mol. The van der Waals surface area contributed by atoms with Gasteiger partial charge in [-0.15, -0.1) is 0 Å². The first-order valence-corrected chi connectivity index (χ1v) is 17.9. The Bertz CT molecular complexity index is 2860. The first-order valence-electron chi connectivity index (χ1n) is 17.9. The summed E-state index contributed by atoms with van der Waals surface area (Å²) in [6.07, 6.45) is 0. The molecular formula is C49H32N4. The van der Waals surface area contributed by atoms with Crippen molar-refractivity contribution in [1.82, 2.24) is 19.5 Å². The molecule has 0 N–H and O–H groups in total. The van der Waals surface area contributed by atoms with Crippen LogP contribution in [0.3, 0.4) is 0 Å². The van der Waals surface area contributed by atoms with Crippen molar-refractivity contribution in [3.05, 3.63) is 194 Å². The van der Waals surface area contributed by atoms with Crippen LogP contribution >= 0.6 is 0 Å². The number of para-hydroxylation sites is 1. The lowest BCUT2D eigenvalue weighted by Gasteiger charge is -2.14. The smallest absolute Gasteiger partial charge is 0.164 e. The van der Waals surface area contributed by atoms with Gasteiger partial charge in [0.05, 0.1) is 11.0 Å². The van der Waals surface area contributed by atoms with Gasteiger partial charge in [-0.05, 0) is 69.4 Å². The number of benzene rings is 8. The lowest BCUT2D eigenvalue weighted by atomic mass is 9.92. The molecular weight excluding hydrogens is 645 g/mol. The molecule has 0 atom stereocenters. The van der Waals surface area contributed by atoms with E-state index in [1.165, 1.54) is 38.5 Å². The van der Waals surface area contributed by atoms with E-state index in [1.54, 1.807) is 0 Å². The Kier molecular flexibility index (Phi) is 7.43. The fourth-order valence-corrected chi connectivity index (χ4v) is 7.62. The summed E-state index contributed by atoms with van der Waals surface area (Å²) in [4.78, 5) is 15.1. The number of aromatic nitrogens is 4. The number of rotatable bonds is 6. The Morgan fingerprint density at radius 3 is 1.47 bits per heavy atom. The molecule has 0 saturated carbocycles. The molecule has 8 aromatic carbocycles. The van der Waals surface area contributed by atoms with Gasteiger partial charge in [0.2, 0.25) is 0 Å². The first-order chi connectivity index (χ1) is 26.3. The lowest BCUT2D eigenvalue weighted by molar-refractivity contribution is 1.08. The van der Waals surface area contributed by atoms with Gasteiger partial charge in [0.15, 0.2) is 17.5 Å². The molecule has 0 bridgehead atoms. The topological polar surface area (TPSA) is 43.6 Å². The molecule has 0 fully saturated rings. The summed E-state index contributed by atoms with van der Waals surface area (Å²) >= 11 is 0. The zero-order chi connectivity index (χ0) is 35.1. The summed E-state index contributed by atoms with van der Waals surface area (Å²) in [5, 5.41) is 4.66. The third kappa shape index (κ3) is 5.36. The molecule has 0 saturated heterocycles. The highest BCUT2D eigenvalue weighted by Crippen LogP contribution is 2.43. The van der Waals surface area contributed by atoms with Gasteiger partial charge >= 0.3 is 0 Å². The predicted octanol–water partition coefficient (Wildman–Crippen LogP) is 12.5. The molecule has 0 aliphatic heterocycles. The van der Waals surface area contributed by atoms with Crippen molar-refractivity contribution in [2.75, 3.05) is 0 Å². The van der Waals surface area contributed by atoms with Crippen LogP contribution in [0.2, 0.25) is 0 Å². The molecule has 10 rings (SSSR count). The maximum atomic E-state index is 5.09. The van der Waals surface area contributed by atoms with Crippen molar-refractivity contribution in [3.63, 3.8) is 0 Å². The van der Waals surface area contributed by atoms with Gasteiger partial charge in [-0.25, -0.2) is 15.0 Å². The Morgan fingerprint density at radius 1 is 0.302 bits per heavy atom. The van der Waals surface area contributed by atoms with Crippen molar-refractivity contribution in [3.8, 4) is 62.1 Å². The van der Waals surface area contributed by atoms with E-state index in [2.05, 4.69) is 138 Å². The Hall–Kier alpha value is -7.17. The summed E-state index contributed by atoms with van der Waals surface area (Å²) in [7, 11) is 0. The van der Waals surface area contributed by atoms with Crippen LogP contribution in [0.4, 0.5) is 0 Å². The minimum atomic E-state index is 0.645. The third-order valence-corrected chi connectivity index (χ3v) is 10.1. The first kappa shape index (κ1) is 30.6. The zero-order valence-corrected chi connectivity index (χ0v) is 28.8. The summed E-state index contributed by atoms with van der Waals surface area (Å²) in [5.74, 6) is 1.94. The van der Waals surface area contributed by atoms with Gasteiger partial charge in [-0.1, -0.05) is 158 Å². The van der Waals surface area contributed by atoms with Crippen molar-refractivity contribution >= 4 is 32.6 Å². The van der Waals surface area contributed by atoms with Gasteiger partial charge in [-0.3, -0.25) is 0 Å². The molecule has 0 radical (unpaired) electrons. The normalized spacial score (nSPS) is 11.4. The quantitative estimate of drug-likeness (QED) is 0.176. The monoisotopic (exact) mass is 676 g/mol. The van der Waals surface area contributed by atoms with E-state index in [9.17, 15) is 0 Å². The molecule has 10 aromatic rings. The van der Waals surface area contributed by atoms with Crippen LogP contribution in [0.25, 0.3) is 94.7 Å². The maximum Gasteiger partial charge on any atom is 0.164 e. The van der Waals surface area contributed by atoms with Gasteiger partial charge in [0, 0.05) is 33.2 Å². The van der Waals surface area contributed by atoms with Crippen LogP contribution < -0.4 is 0 Å². The van der Waals surface area contributed by atoms with E-state index in [0.29, 0.717) is 17.5 Å². The van der Waals surface area contributed by atoms with Crippen molar-refractivity contribution < 1.29 is 0 Å². The minimum Gasteiger partial charge on any atom is -0.309 e. The number of hydrogen-bond acceptors (Lipinski definition) is 3. The average Bonchev–Trinajstić information content (AvgIpc) is 3.58. The molecule has 0 aliphatic carbocycles. The Labute approximate surface area is 307 Å². The van der Waals surface area contributed by atoms with Crippen molar-refractivity contribution in [2.24, 2.45) is 0 Å². The van der Waals surface area contributed by atoms with Gasteiger partial charge in [-0.2, -0.15) is 0 Å². The van der Waals surface area contributed by atoms with E-state index in [1.807, 2.05) is 60.7 Å². The standard InChI is InChI=1S/C49H32N4/c1-5-16-33(17-6-1)36-28-31-44-43(32-36)46-41(26-15-27-45(46)53(44)37-22-11-4-12-23-37)40-29-30-42(39-25-14-13-24-38(39)40)49-51-47(34-18-7-2-8-19-34)50-48(52-49)35-20-9-3-10-21-35/h1-32H. The maximum absolute atomic E-state index is 5.09. The van der Waals surface area contributed by atoms with E-state index in [0.717, 1.165) is 38.7 Å². The molecule has 248 valence electrons. The molecule has 0 amide bonds. The molecule has 4 heteroatoms. The van der Waals surface area contributed by atoms with E-state index >= 15 is 0 Å². The second-order valence-corrected chi connectivity index (χ2v) is 13.2. The van der Waals surface area contributed by atoms with Crippen molar-refractivity contribution in [1.29, 1.82) is 0 Å². The number of hydrogen-bond donors (Lipinski definition) is 0. The molecule has 2 aromatic heterocycles. The largest absolute Gasteiger partial charge is 0.309 e. The van der Waals surface area contributed by atoms with Crippen LogP contribution in [-0.4, -0.2) is 19.5 Å². The zero-order valence-electron chi connectivity index (χ0n) is 28.8. The fraction of sp³-hybridized carbons (Fsp3) is 0. The van der Waals surface area contributed by atoms with Crippen LogP contribution in [0.5, 0.6) is 0 Å². The summed E-state index contributed by atoms with van der Waals surface area (Å²) < 4.78 is 2.39. The molecule has 0 spiro atoms. The highest BCUT2D eigenvalue weighted by atomic mass is 15.0. The third-order valence-electron chi connectivity index (χ3n) is 10.1. The van der Waals surface area contributed by atoms with E-state index in [-0.39, 0.29) is 0 Å². The summed E-state index contributed by atoms with van der Waals surface area (Å²) in [6.45, 7) is 0. The number of nitrogens with zero attached hydrogens (tertiary/aromatic N) is 4. The fourth-order valence-electron chi connectivity index (χ4n) is 7.62. The molecule has 0 unspecified atom stereocenters. The highest BCUT2D eigenvalue weighted by Gasteiger charge is 2.20. The van der Waals surface area contributed by atoms with Gasteiger partial charge in [0.1, 0.15) is 0 Å². The van der Waals surface area contributed by atoms with Gasteiger partial charge in [0.25, 0.3) is 0 Å².